The van der Waals surface area contributed by atoms with Crippen molar-refractivity contribution in [1.29, 1.82) is 0 Å². The molecule has 0 radical (unpaired) electrons. The van der Waals surface area contributed by atoms with Gasteiger partial charge in [-0.2, -0.15) is 0 Å². The van der Waals surface area contributed by atoms with Crippen LogP contribution in [-0.4, -0.2) is 26.2 Å². The van der Waals surface area contributed by atoms with E-state index in [1.165, 1.54) is 26.4 Å². The van der Waals surface area contributed by atoms with Crippen molar-refractivity contribution in [2.24, 2.45) is 0 Å². The van der Waals surface area contributed by atoms with Crippen molar-refractivity contribution >= 4 is 11.9 Å². The van der Waals surface area contributed by atoms with E-state index in [4.69, 9.17) is 0 Å². The zero-order valence-electron chi connectivity index (χ0n) is 8.30. The van der Waals surface area contributed by atoms with Crippen LogP contribution in [0.15, 0.2) is 24.3 Å². The maximum absolute atomic E-state index is 11.2. The van der Waals surface area contributed by atoms with E-state index in [1.54, 1.807) is 12.1 Å². The largest absolute Gasteiger partial charge is 0.465 e. The Kier molecular flexibility index (Phi) is 6.56. The summed E-state index contributed by atoms with van der Waals surface area (Å²) >= 11 is 0. The average Bonchev–Trinajstić information content (AvgIpc) is 2.27. The third-order valence-corrected chi connectivity index (χ3v) is 1.74. The number of carbonyl (C=O) groups is 2. The molecule has 0 unspecified atom stereocenters. The summed E-state index contributed by atoms with van der Waals surface area (Å²) in [4.78, 5) is 22.4. The summed E-state index contributed by atoms with van der Waals surface area (Å²) in [6.07, 6.45) is 0. The van der Waals surface area contributed by atoms with Gasteiger partial charge in [-0.3, -0.25) is 0 Å². The van der Waals surface area contributed by atoms with Crippen LogP contribution in [0.2, 0.25) is 0 Å². The molecule has 0 saturated carbocycles. The zero-order chi connectivity index (χ0) is 10.6. The van der Waals surface area contributed by atoms with E-state index in [0.29, 0.717) is 0 Å². The minimum Gasteiger partial charge on any atom is -0.465 e. The van der Waals surface area contributed by atoms with E-state index in [1.807, 2.05) is 0 Å². The fourth-order valence-electron chi connectivity index (χ4n) is 1.06. The number of hydrogen-bond acceptors (Lipinski definition) is 4. The number of hydrogen-bond donors (Lipinski definition) is 0. The molecule has 4 nitrogen and oxygen atoms in total. The fourth-order valence-corrected chi connectivity index (χ4v) is 1.06. The molecule has 82 valence electrons. The van der Waals surface area contributed by atoms with Gasteiger partial charge in [-0.05, 0) is 12.1 Å². The summed E-state index contributed by atoms with van der Waals surface area (Å²) in [7, 11) is 2.52. The van der Waals surface area contributed by atoms with Crippen LogP contribution in [0.1, 0.15) is 20.7 Å². The van der Waals surface area contributed by atoms with E-state index in [0.717, 1.165) is 0 Å². The van der Waals surface area contributed by atoms with E-state index >= 15 is 0 Å². The number of carbonyl (C=O) groups excluding carboxylic acids is 2. The molecule has 0 aliphatic rings. The third-order valence-electron chi connectivity index (χ3n) is 1.74. The van der Waals surface area contributed by atoms with Crippen LogP contribution >= 0.6 is 0 Å². The second-order valence-corrected chi connectivity index (χ2v) is 2.53. The fraction of sp³-hybridized carbons (Fsp3) is 0.200. The molecule has 1 aromatic carbocycles. The molecule has 0 fully saturated rings. The van der Waals surface area contributed by atoms with Gasteiger partial charge in [0, 0.05) is 37.7 Å². The third kappa shape index (κ3) is 3.48. The van der Waals surface area contributed by atoms with Gasteiger partial charge in [0.1, 0.15) is 0 Å². The predicted octanol–water partition coefficient (Wildman–Crippen LogP) is 1.26. The Morgan fingerprint density at radius 3 is 1.53 bits per heavy atom. The number of rotatable bonds is 2. The average molecular weight is 234 g/mol. The van der Waals surface area contributed by atoms with Crippen LogP contribution in [0.3, 0.4) is 0 Å². The second-order valence-electron chi connectivity index (χ2n) is 2.53. The van der Waals surface area contributed by atoms with Gasteiger partial charge in [-0.1, -0.05) is 12.1 Å². The van der Waals surface area contributed by atoms with Gasteiger partial charge in [-0.25, -0.2) is 9.59 Å². The molecule has 0 saturated heterocycles. The summed E-state index contributed by atoms with van der Waals surface area (Å²) in [5.41, 5.74) is 0.420. The van der Waals surface area contributed by atoms with Crippen molar-refractivity contribution in [3.05, 3.63) is 35.4 Å². The minimum atomic E-state index is -0.550. The molecule has 0 aromatic heterocycles. The van der Waals surface area contributed by atoms with E-state index < -0.39 is 11.9 Å². The first-order valence-corrected chi connectivity index (χ1v) is 3.96. The van der Waals surface area contributed by atoms with Crippen LogP contribution in [0, 0.1) is 37.7 Å². The molecule has 0 amide bonds. The molecule has 0 bridgehead atoms. The summed E-state index contributed by atoms with van der Waals surface area (Å²) in [6, 6.07) is 6.33. The molecule has 0 N–H and O–H groups in total. The summed E-state index contributed by atoms with van der Waals surface area (Å²) in [6.45, 7) is 0. The Labute approximate surface area is 118 Å². The van der Waals surface area contributed by atoms with Gasteiger partial charge in [0.25, 0.3) is 0 Å². The Morgan fingerprint density at radius 1 is 0.933 bits per heavy atom. The molecule has 5 heteroatoms. The molecule has 1 aromatic rings. The number of ether oxygens (including phenoxy) is 2. The van der Waals surface area contributed by atoms with Crippen molar-refractivity contribution in [2.75, 3.05) is 14.2 Å². The Balaban J connectivity index is 0.00000196. The number of methoxy groups -OCH3 is 2. The monoisotopic (exact) mass is 234 g/mol. The molecule has 15 heavy (non-hydrogen) atoms. The van der Waals surface area contributed by atoms with Crippen molar-refractivity contribution in [3.8, 4) is 0 Å². The van der Waals surface area contributed by atoms with Gasteiger partial charge in [0.05, 0.1) is 25.3 Å². The van der Waals surface area contributed by atoms with Crippen LogP contribution in [-0.2, 0) is 9.47 Å². The standard InChI is InChI=1S/C10H10O4.Ar/c1-13-9(11)7-5-3-4-6-8(7)10(12)14-2;/h3-6H,1-2H3;. The summed E-state index contributed by atoms with van der Waals surface area (Å²) in [5.74, 6) is -1.10. The maximum Gasteiger partial charge on any atom is 0.338 e. The molecule has 0 heterocycles. The van der Waals surface area contributed by atoms with Crippen molar-refractivity contribution in [3.63, 3.8) is 0 Å². The van der Waals surface area contributed by atoms with E-state index in [-0.39, 0.29) is 48.9 Å². The van der Waals surface area contributed by atoms with Crippen molar-refractivity contribution in [1.82, 2.24) is 0 Å². The Bertz CT molecular complexity index is 327. The minimum absolute atomic E-state index is 0. The van der Waals surface area contributed by atoms with E-state index in [9.17, 15) is 9.59 Å². The van der Waals surface area contributed by atoms with Gasteiger partial charge < -0.3 is 9.47 Å². The van der Waals surface area contributed by atoms with Gasteiger partial charge >= 0.3 is 11.9 Å². The molecular formula is C10H10ArO4. The quantitative estimate of drug-likeness (QED) is 0.723. The van der Waals surface area contributed by atoms with Crippen molar-refractivity contribution < 1.29 is 56.8 Å². The molecule has 0 atom stereocenters. The number of benzene rings is 1. The molecular weight excluding hydrogens is 224 g/mol. The van der Waals surface area contributed by atoms with Gasteiger partial charge in [0.2, 0.25) is 0 Å². The van der Waals surface area contributed by atoms with Gasteiger partial charge in [-0.15, -0.1) is 0 Å². The molecule has 0 spiro atoms. The molecule has 1 rings (SSSR count). The molecule has 0 aliphatic carbocycles. The first-order chi connectivity index (χ1) is 6.70. The predicted molar refractivity (Wildman–Crippen MR) is 49.1 cm³/mol. The van der Waals surface area contributed by atoms with E-state index in [2.05, 4.69) is 9.47 Å². The Morgan fingerprint density at radius 2 is 1.27 bits per heavy atom. The summed E-state index contributed by atoms with van der Waals surface area (Å²) < 4.78 is 9.05. The zero-order valence-corrected chi connectivity index (χ0v) is 9.00. The second kappa shape index (κ2) is 6.82. The van der Waals surface area contributed by atoms with Crippen LogP contribution in [0.4, 0.5) is 0 Å². The van der Waals surface area contributed by atoms with Gasteiger partial charge in [0.15, 0.2) is 0 Å². The topological polar surface area (TPSA) is 52.6 Å². The normalized spacial score (nSPS) is 8.67. The Hall–Kier alpha value is -0.580. The van der Waals surface area contributed by atoms with Crippen molar-refractivity contribution in [2.45, 2.75) is 0 Å². The smallest absolute Gasteiger partial charge is 0.338 e. The first-order valence-electron chi connectivity index (χ1n) is 3.96. The molecule has 0 aliphatic heterocycles. The first kappa shape index (κ1) is 14.4. The van der Waals surface area contributed by atoms with Crippen LogP contribution in [0.5, 0.6) is 0 Å². The van der Waals surface area contributed by atoms with Crippen LogP contribution in [0.25, 0.3) is 0 Å². The summed E-state index contributed by atoms with van der Waals surface area (Å²) in [5, 5.41) is 0. The van der Waals surface area contributed by atoms with Crippen LogP contribution < -0.4 is 0 Å². The maximum atomic E-state index is 11.2. The SMILES string of the molecule is COC(=O)c1ccccc1C(=O)OC.[Ar]. The number of esters is 2.